The van der Waals surface area contributed by atoms with E-state index in [-0.39, 0.29) is 50.8 Å². The summed E-state index contributed by atoms with van der Waals surface area (Å²) in [5.41, 5.74) is 15.8. The van der Waals surface area contributed by atoms with E-state index in [9.17, 15) is 24.0 Å². The van der Waals surface area contributed by atoms with Gasteiger partial charge in [-0.25, -0.2) is 0 Å². The van der Waals surface area contributed by atoms with E-state index in [0.29, 0.717) is 72.1 Å². The number of ether oxygens (including phenoxy) is 4. The van der Waals surface area contributed by atoms with Gasteiger partial charge in [0.05, 0.1) is 65.9 Å². The number of hydrogen-bond donors (Lipinski definition) is 6. The van der Waals surface area contributed by atoms with Crippen molar-refractivity contribution in [3.05, 3.63) is 0 Å². The highest BCUT2D eigenvalue weighted by Gasteiger charge is 2.17. The maximum atomic E-state index is 11.9. The number of nitrogens with two attached hydrogens (primary N) is 3. The van der Waals surface area contributed by atoms with Gasteiger partial charge in [-0.15, -0.1) is 0 Å². The molecule has 39 heavy (non-hydrogen) atoms. The average Bonchev–Trinajstić information content (AvgIpc) is 2.91. The smallest absolute Gasteiger partial charge is 0.239 e. The van der Waals surface area contributed by atoms with Crippen molar-refractivity contribution in [1.29, 1.82) is 0 Å². The summed E-state index contributed by atoms with van der Waals surface area (Å²) in [5, 5.41) is 7.35. The van der Waals surface area contributed by atoms with Gasteiger partial charge in [-0.3, -0.25) is 24.0 Å². The first-order valence-corrected chi connectivity index (χ1v) is 13.1. The maximum absolute atomic E-state index is 11.9. The number of ketones is 1. The van der Waals surface area contributed by atoms with Crippen molar-refractivity contribution in [2.45, 2.75) is 44.6 Å². The van der Waals surface area contributed by atoms with Crippen LogP contribution in [0.2, 0.25) is 0 Å². The predicted molar refractivity (Wildman–Crippen MR) is 141 cm³/mol. The Morgan fingerprint density at radius 2 is 1.18 bits per heavy atom. The van der Waals surface area contributed by atoms with Crippen LogP contribution in [0.5, 0.6) is 0 Å². The van der Waals surface area contributed by atoms with E-state index in [1.54, 1.807) is 0 Å². The van der Waals surface area contributed by atoms with E-state index in [1.165, 1.54) is 0 Å². The number of rotatable bonds is 27. The topological polar surface area (TPSA) is 236 Å². The Balaban J connectivity index is 3.47. The summed E-state index contributed by atoms with van der Waals surface area (Å²) in [6.45, 7) is 2.77. The SMILES string of the molecule is NCCCCC(NC(=O)CCOCCOCCOCCOCCCC(=O)CNC(=O)CNC(=O)CN)C(N)=O. The molecule has 0 saturated carbocycles. The molecule has 0 aliphatic heterocycles. The van der Waals surface area contributed by atoms with Gasteiger partial charge in [0, 0.05) is 19.4 Å². The number of amides is 4. The molecule has 0 aromatic heterocycles. The molecule has 0 bridgehead atoms. The summed E-state index contributed by atoms with van der Waals surface area (Å²) in [4.78, 5) is 57.5. The third kappa shape index (κ3) is 24.1. The fraction of sp³-hybridized carbons (Fsp3) is 0.792. The second-order valence-corrected chi connectivity index (χ2v) is 8.41. The van der Waals surface area contributed by atoms with Crippen LogP contribution in [-0.2, 0) is 42.9 Å². The van der Waals surface area contributed by atoms with Crippen LogP contribution in [0.25, 0.3) is 0 Å². The Kier molecular flexibility index (Phi) is 23.8. The highest BCUT2D eigenvalue weighted by molar-refractivity contribution is 5.89. The largest absolute Gasteiger partial charge is 0.379 e. The number of nitrogens with one attached hydrogen (secondary N) is 3. The zero-order chi connectivity index (χ0) is 29.1. The van der Waals surface area contributed by atoms with Crippen LogP contribution < -0.4 is 33.2 Å². The molecular formula is C24H46N6O9. The Hall–Kier alpha value is -2.69. The molecule has 0 saturated heterocycles. The molecule has 0 heterocycles. The zero-order valence-electron chi connectivity index (χ0n) is 22.7. The van der Waals surface area contributed by atoms with Crippen LogP contribution in [0.15, 0.2) is 0 Å². The molecule has 0 fully saturated rings. The lowest BCUT2D eigenvalue weighted by Crippen LogP contribution is -2.44. The van der Waals surface area contributed by atoms with Crippen molar-refractivity contribution in [3.63, 3.8) is 0 Å². The summed E-state index contributed by atoms with van der Waals surface area (Å²) in [5.74, 6) is -1.91. The molecule has 226 valence electrons. The maximum Gasteiger partial charge on any atom is 0.239 e. The van der Waals surface area contributed by atoms with Crippen molar-refractivity contribution >= 4 is 29.4 Å². The van der Waals surface area contributed by atoms with Crippen LogP contribution in [0.4, 0.5) is 0 Å². The fourth-order valence-electron chi connectivity index (χ4n) is 2.94. The van der Waals surface area contributed by atoms with Gasteiger partial charge < -0.3 is 52.1 Å². The fourth-order valence-corrected chi connectivity index (χ4v) is 2.94. The molecule has 0 radical (unpaired) electrons. The molecule has 1 unspecified atom stereocenters. The number of primary amides is 1. The van der Waals surface area contributed by atoms with Gasteiger partial charge in [-0.1, -0.05) is 0 Å². The molecule has 0 aliphatic carbocycles. The summed E-state index contributed by atoms with van der Waals surface area (Å²) in [7, 11) is 0. The molecule has 15 nitrogen and oxygen atoms in total. The molecule has 0 rings (SSSR count). The second-order valence-electron chi connectivity index (χ2n) is 8.41. The van der Waals surface area contributed by atoms with Gasteiger partial charge in [-0.2, -0.15) is 0 Å². The van der Waals surface area contributed by atoms with Crippen molar-refractivity contribution in [3.8, 4) is 0 Å². The molecule has 0 aromatic carbocycles. The molecule has 4 amide bonds. The molecule has 9 N–H and O–H groups in total. The van der Waals surface area contributed by atoms with Crippen molar-refractivity contribution in [2.75, 3.05) is 79.0 Å². The Bertz CT molecular complexity index is 712. The quantitative estimate of drug-likeness (QED) is 0.0555. The third-order valence-electron chi connectivity index (χ3n) is 5.07. The normalized spacial score (nSPS) is 11.5. The van der Waals surface area contributed by atoms with Crippen LogP contribution in [0.1, 0.15) is 38.5 Å². The first kappa shape index (κ1) is 36.3. The lowest BCUT2D eigenvalue weighted by Gasteiger charge is -2.15. The molecule has 15 heteroatoms. The summed E-state index contributed by atoms with van der Waals surface area (Å²) in [6.07, 6.45) is 2.83. The van der Waals surface area contributed by atoms with Gasteiger partial charge in [0.25, 0.3) is 0 Å². The van der Waals surface area contributed by atoms with Crippen molar-refractivity contribution < 1.29 is 42.9 Å². The zero-order valence-corrected chi connectivity index (χ0v) is 22.7. The number of unbranched alkanes of at least 4 members (excludes halogenated alkanes) is 1. The standard InChI is InChI=1S/C24H46N6O9/c25-7-2-1-5-20(24(27)35)30-21(32)6-9-37-11-13-39-15-14-38-12-10-36-8-3-4-19(31)17-28-23(34)18-29-22(33)16-26/h20H,1-18,25-26H2,(H2,27,35)(H,28,34)(H,29,33)(H,30,32). The minimum absolute atomic E-state index is 0.103. The van der Waals surface area contributed by atoms with Gasteiger partial charge in [0.2, 0.25) is 23.6 Å². The predicted octanol–water partition coefficient (Wildman–Crippen LogP) is -2.92. The van der Waals surface area contributed by atoms with Crippen molar-refractivity contribution in [2.24, 2.45) is 17.2 Å². The van der Waals surface area contributed by atoms with Crippen LogP contribution in [0, 0.1) is 0 Å². The van der Waals surface area contributed by atoms with Crippen molar-refractivity contribution in [1.82, 2.24) is 16.0 Å². The molecule has 0 aromatic rings. The molecular weight excluding hydrogens is 516 g/mol. The van der Waals surface area contributed by atoms with Gasteiger partial charge in [0.1, 0.15) is 6.04 Å². The second kappa shape index (κ2) is 25.6. The molecule has 0 aliphatic rings. The Labute approximate surface area is 229 Å². The van der Waals surface area contributed by atoms with Gasteiger partial charge in [0.15, 0.2) is 5.78 Å². The summed E-state index contributed by atoms with van der Waals surface area (Å²) < 4.78 is 21.5. The minimum atomic E-state index is -0.696. The Morgan fingerprint density at radius 1 is 0.615 bits per heavy atom. The van der Waals surface area contributed by atoms with E-state index < -0.39 is 23.8 Å². The first-order chi connectivity index (χ1) is 18.8. The van der Waals surface area contributed by atoms with Crippen LogP contribution in [0.3, 0.4) is 0 Å². The van der Waals surface area contributed by atoms with E-state index >= 15 is 0 Å². The van der Waals surface area contributed by atoms with E-state index in [0.717, 1.165) is 6.42 Å². The Morgan fingerprint density at radius 3 is 1.74 bits per heavy atom. The molecule has 0 spiro atoms. The minimum Gasteiger partial charge on any atom is -0.379 e. The van der Waals surface area contributed by atoms with E-state index in [1.807, 2.05) is 0 Å². The number of hydrogen-bond acceptors (Lipinski definition) is 11. The van der Waals surface area contributed by atoms with E-state index in [2.05, 4.69) is 16.0 Å². The van der Waals surface area contributed by atoms with Gasteiger partial charge in [-0.05, 0) is 32.2 Å². The number of Topliss-reactive ketones (excluding diaryl/α,β-unsaturated/α-hetero) is 1. The first-order valence-electron chi connectivity index (χ1n) is 13.1. The summed E-state index contributed by atoms with van der Waals surface area (Å²) in [6, 6.07) is -0.696. The summed E-state index contributed by atoms with van der Waals surface area (Å²) >= 11 is 0. The van der Waals surface area contributed by atoms with E-state index in [4.69, 9.17) is 36.1 Å². The number of carbonyl (C=O) groups is 5. The lowest BCUT2D eigenvalue weighted by atomic mass is 10.1. The average molecular weight is 563 g/mol. The third-order valence-corrected chi connectivity index (χ3v) is 5.07. The lowest BCUT2D eigenvalue weighted by molar-refractivity contribution is -0.128. The van der Waals surface area contributed by atoms with Gasteiger partial charge >= 0.3 is 0 Å². The molecule has 1 atom stereocenters. The van der Waals surface area contributed by atoms with Crippen LogP contribution in [-0.4, -0.2) is 114 Å². The van der Waals surface area contributed by atoms with Crippen LogP contribution >= 0.6 is 0 Å². The highest BCUT2D eigenvalue weighted by atomic mass is 16.6. The monoisotopic (exact) mass is 562 g/mol. The highest BCUT2D eigenvalue weighted by Crippen LogP contribution is 2.00. The number of carbonyl (C=O) groups excluding carboxylic acids is 5.